The molecule has 1 aliphatic rings. The summed E-state index contributed by atoms with van der Waals surface area (Å²) in [5.74, 6) is -0.0277. The van der Waals surface area contributed by atoms with Crippen molar-refractivity contribution < 1.29 is 14.7 Å². The molecule has 0 spiro atoms. The lowest BCUT2D eigenvalue weighted by Gasteiger charge is -2.47. The summed E-state index contributed by atoms with van der Waals surface area (Å²) in [5.41, 5.74) is -0.522. The van der Waals surface area contributed by atoms with Gasteiger partial charge in [-0.3, -0.25) is 9.69 Å². The van der Waals surface area contributed by atoms with Gasteiger partial charge in [0.1, 0.15) is 6.42 Å². The molecular formula is C14H23N3O3. The number of likely N-dealkylation sites (tertiary alicyclic amines) is 1. The highest BCUT2D eigenvalue weighted by Gasteiger charge is 2.40. The third kappa shape index (κ3) is 3.62. The molecule has 6 nitrogen and oxygen atoms in total. The lowest BCUT2D eigenvalue weighted by Crippen LogP contribution is -2.60. The number of amides is 2. The number of nitriles is 1. The minimum absolute atomic E-state index is 0.149. The van der Waals surface area contributed by atoms with Crippen molar-refractivity contribution in [2.75, 3.05) is 13.1 Å². The van der Waals surface area contributed by atoms with Crippen molar-refractivity contribution in [3.05, 3.63) is 0 Å². The second kappa shape index (κ2) is 6.12. The van der Waals surface area contributed by atoms with Crippen LogP contribution in [0.3, 0.4) is 0 Å². The summed E-state index contributed by atoms with van der Waals surface area (Å²) < 4.78 is 0. The molecule has 0 aromatic heterocycles. The van der Waals surface area contributed by atoms with Crippen molar-refractivity contribution in [3.8, 4) is 6.07 Å². The summed E-state index contributed by atoms with van der Waals surface area (Å²) in [6.07, 6.45) is -0.366. The molecule has 0 radical (unpaired) electrons. The summed E-state index contributed by atoms with van der Waals surface area (Å²) >= 11 is 0. The quantitative estimate of drug-likeness (QED) is 0.838. The van der Waals surface area contributed by atoms with Gasteiger partial charge in [0.2, 0.25) is 5.91 Å². The molecule has 0 aromatic carbocycles. The van der Waals surface area contributed by atoms with Gasteiger partial charge >= 0.3 is 6.09 Å². The Labute approximate surface area is 120 Å². The fourth-order valence-electron chi connectivity index (χ4n) is 2.72. The molecule has 0 aromatic rings. The number of nitrogens with zero attached hydrogens (tertiary/aromatic N) is 3. The van der Waals surface area contributed by atoms with Crippen molar-refractivity contribution in [2.24, 2.45) is 5.92 Å². The van der Waals surface area contributed by atoms with Crippen LogP contribution in [0.2, 0.25) is 0 Å². The Bertz CT molecular complexity index is 422. The molecule has 20 heavy (non-hydrogen) atoms. The summed E-state index contributed by atoms with van der Waals surface area (Å²) in [5, 5.41) is 18.1. The number of carbonyl (C=O) groups excluding carboxylic acids is 1. The van der Waals surface area contributed by atoms with E-state index in [4.69, 9.17) is 5.26 Å². The van der Waals surface area contributed by atoms with E-state index in [1.54, 1.807) is 4.90 Å². The van der Waals surface area contributed by atoms with E-state index in [2.05, 4.69) is 0 Å². The lowest BCUT2D eigenvalue weighted by atomic mass is 9.89. The van der Waals surface area contributed by atoms with Gasteiger partial charge in [-0.1, -0.05) is 6.92 Å². The fourth-order valence-corrected chi connectivity index (χ4v) is 2.72. The predicted molar refractivity (Wildman–Crippen MR) is 74.0 cm³/mol. The average molecular weight is 281 g/mol. The normalized spacial score (nSPS) is 23.1. The third-order valence-corrected chi connectivity index (χ3v) is 3.76. The zero-order valence-corrected chi connectivity index (χ0v) is 12.6. The molecule has 1 aliphatic heterocycles. The van der Waals surface area contributed by atoms with E-state index < -0.39 is 11.6 Å². The van der Waals surface area contributed by atoms with Crippen molar-refractivity contribution in [1.29, 1.82) is 5.26 Å². The zero-order chi connectivity index (χ0) is 15.5. The highest BCUT2D eigenvalue weighted by molar-refractivity contribution is 5.78. The molecule has 0 saturated carbocycles. The second-order valence-corrected chi connectivity index (χ2v) is 6.33. The highest BCUT2D eigenvalue weighted by atomic mass is 16.4. The first-order chi connectivity index (χ1) is 9.18. The van der Waals surface area contributed by atoms with Crippen LogP contribution in [0.4, 0.5) is 4.79 Å². The van der Waals surface area contributed by atoms with Crippen LogP contribution in [0, 0.1) is 17.2 Å². The molecule has 1 fully saturated rings. The summed E-state index contributed by atoms with van der Waals surface area (Å²) in [6.45, 7) is 8.52. The van der Waals surface area contributed by atoms with E-state index in [0.717, 1.165) is 6.42 Å². The SMILES string of the molecule is C[C@H]1CCN(C(=O)CC#N)C[C@H]1N(C(=O)O)C(C)(C)C. The molecule has 0 unspecified atom stereocenters. The van der Waals surface area contributed by atoms with Crippen LogP contribution in [0.15, 0.2) is 0 Å². The minimum atomic E-state index is -0.969. The predicted octanol–water partition coefficient (Wildman–Crippen LogP) is 1.92. The molecular weight excluding hydrogens is 258 g/mol. The van der Waals surface area contributed by atoms with Gasteiger partial charge in [-0.2, -0.15) is 5.26 Å². The molecule has 112 valence electrons. The van der Waals surface area contributed by atoms with Crippen LogP contribution >= 0.6 is 0 Å². The molecule has 1 saturated heterocycles. The van der Waals surface area contributed by atoms with E-state index in [1.165, 1.54) is 4.90 Å². The van der Waals surface area contributed by atoms with Gasteiger partial charge in [-0.05, 0) is 33.1 Å². The largest absolute Gasteiger partial charge is 0.465 e. The lowest BCUT2D eigenvalue weighted by molar-refractivity contribution is -0.133. The van der Waals surface area contributed by atoms with Gasteiger partial charge in [0.05, 0.1) is 12.1 Å². The molecule has 1 N–H and O–H groups in total. The van der Waals surface area contributed by atoms with Gasteiger partial charge in [-0.25, -0.2) is 4.79 Å². The van der Waals surface area contributed by atoms with Gasteiger partial charge in [0.25, 0.3) is 0 Å². The van der Waals surface area contributed by atoms with Crippen molar-refractivity contribution >= 4 is 12.0 Å². The number of hydrogen-bond acceptors (Lipinski definition) is 3. The standard InChI is InChI=1S/C14H23N3O3/c1-10-6-8-16(12(18)5-7-15)9-11(10)17(13(19)20)14(2,3)4/h10-11H,5-6,8-9H2,1-4H3,(H,19,20)/t10-,11+/m0/s1. The van der Waals surface area contributed by atoms with Crippen molar-refractivity contribution in [3.63, 3.8) is 0 Å². The molecule has 6 heteroatoms. The average Bonchev–Trinajstić information content (AvgIpc) is 2.29. The smallest absolute Gasteiger partial charge is 0.408 e. The highest BCUT2D eigenvalue weighted by Crippen LogP contribution is 2.28. The number of rotatable bonds is 2. The maximum Gasteiger partial charge on any atom is 0.408 e. The minimum Gasteiger partial charge on any atom is -0.465 e. The third-order valence-electron chi connectivity index (χ3n) is 3.76. The molecule has 1 rings (SSSR count). The molecule has 2 atom stereocenters. The van der Waals surface area contributed by atoms with E-state index in [1.807, 2.05) is 33.8 Å². The van der Waals surface area contributed by atoms with Gasteiger partial charge in [-0.15, -0.1) is 0 Å². The van der Waals surface area contributed by atoms with Crippen LogP contribution < -0.4 is 0 Å². The maximum atomic E-state index is 11.8. The molecule has 1 heterocycles. The van der Waals surface area contributed by atoms with Gasteiger partial charge < -0.3 is 10.0 Å². The van der Waals surface area contributed by atoms with E-state index >= 15 is 0 Å². The summed E-state index contributed by atoms with van der Waals surface area (Å²) in [7, 11) is 0. The van der Waals surface area contributed by atoms with Crippen LogP contribution in [0.5, 0.6) is 0 Å². The second-order valence-electron chi connectivity index (χ2n) is 6.33. The van der Waals surface area contributed by atoms with Gasteiger partial charge in [0.15, 0.2) is 0 Å². The number of carboxylic acid groups (broad SMARTS) is 1. The van der Waals surface area contributed by atoms with Crippen LogP contribution in [-0.4, -0.2) is 51.6 Å². The number of hydrogen-bond donors (Lipinski definition) is 1. The van der Waals surface area contributed by atoms with E-state index in [0.29, 0.717) is 13.1 Å². The van der Waals surface area contributed by atoms with Gasteiger partial charge in [0, 0.05) is 18.6 Å². The Morgan fingerprint density at radius 1 is 1.45 bits per heavy atom. The fraction of sp³-hybridized carbons (Fsp3) is 0.786. The Balaban J connectivity index is 2.93. The summed E-state index contributed by atoms with van der Waals surface area (Å²) in [4.78, 5) is 26.4. The Morgan fingerprint density at radius 2 is 2.05 bits per heavy atom. The number of piperidine rings is 1. The first-order valence-corrected chi connectivity index (χ1v) is 6.85. The first-order valence-electron chi connectivity index (χ1n) is 6.85. The van der Waals surface area contributed by atoms with E-state index in [9.17, 15) is 14.7 Å². The van der Waals surface area contributed by atoms with Crippen LogP contribution in [-0.2, 0) is 4.79 Å². The Kier molecular flexibility index (Phi) is 4.98. The monoisotopic (exact) mass is 281 g/mol. The molecule has 0 aliphatic carbocycles. The Hall–Kier alpha value is -1.77. The first kappa shape index (κ1) is 16.3. The van der Waals surface area contributed by atoms with Crippen molar-refractivity contribution in [1.82, 2.24) is 9.80 Å². The molecule has 0 bridgehead atoms. The maximum absolute atomic E-state index is 11.8. The zero-order valence-electron chi connectivity index (χ0n) is 12.6. The Morgan fingerprint density at radius 3 is 2.50 bits per heavy atom. The summed E-state index contributed by atoms with van der Waals surface area (Å²) in [6, 6.07) is 1.62. The van der Waals surface area contributed by atoms with E-state index in [-0.39, 0.29) is 24.3 Å². The van der Waals surface area contributed by atoms with Crippen LogP contribution in [0.1, 0.15) is 40.5 Å². The van der Waals surface area contributed by atoms with Crippen molar-refractivity contribution in [2.45, 2.75) is 52.1 Å². The van der Waals surface area contributed by atoms with Crippen LogP contribution in [0.25, 0.3) is 0 Å². The molecule has 2 amide bonds. The topological polar surface area (TPSA) is 84.6 Å². The number of carbonyl (C=O) groups is 2.